The van der Waals surface area contributed by atoms with E-state index in [9.17, 15) is 13.6 Å². The topological polar surface area (TPSA) is 44.4 Å². The van der Waals surface area contributed by atoms with Gasteiger partial charge in [-0.2, -0.15) is 8.78 Å². The minimum atomic E-state index is -2.53. The van der Waals surface area contributed by atoms with Crippen molar-refractivity contribution in [1.82, 2.24) is 0 Å². The zero-order valence-electron chi connectivity index (χ0n) is 15.0. The Morgan fingerprint density at radius 2 is 1.67 bits per heavy atom. The first kappa shape index (κ1) is 19.5. The van der Waals surface area contributed by atoms with Gasteiger partial charge in [0, 0.05) is 18.0 Å². The summed E-state index contributed by atoms with van der Waals surface area (Å²) in [5.41, 5.74) is 2.40. The zero-order chi connectivity index (χ0) is 19.1. The second-order valence-electron chi connectivity index (χ2n) is 6.34. The molecule has 1 fully saturated rings. The molecule has 0 spiro atoms. The highest BCUT2D eigenvalue weighted by atomic mass is 32.2. The normalized spacial score (nSPS) is 14.3. The molecule has 1 aliphatic rings. The van der Waals surface area contributed by atoms with Crippen LogP contribution in [-0.4, -0.2) is 31.3 Å². The van der Waals surface area contributed by atoms with Crippen LogP contribution in [0.15, 0.2) is 53.4 Å². The number of hydrogen-bond donors (Lipinski definition) is 2. The molecule has 1 aliphatic heterocycles. The summed E-state index contributed by atoms with van der Waals surface area (Å²) in [7, 11) is 0. The molecule has 0 radical (unpaired) electrons. The number of carbonyl (C=O) groups excluding carboxylic acids is 1. The lowest BCUT2D eigenvalue weighted by Gasteiger charge is -2.30. The Labute approximate surface area is 162 Å². The Balaban J connectivity index is 1.62. The summed E-state index contributed by atoms with van der Waals surface area (Å²) < 4.78 is 25.3. The maximum absolute atomic E-state index is 12.7. The summed E-state index contributed by atoms with van der Waals surface area (Å²) in [6, 6.07) is 14.5. The maximum Gasteiger partial charge on any atom is 0.288 e. The van der Waals surface area contributed by atoms with Gasteiger partial charge in [0.05, 0.1) is 23.6 Å². The van der Waals surface area contributed by atoms with E-state index in [0.29, 0.717) is 22.3 Å². The van der Waals surface area contributed by atoms with E-state index in [1.54, 1.807) is 24.3 Å². The van der Waals surface area contributed by atoms with E-state index in [1.807, 2.05) is 18.2 Å². The van der Waals surface area contributed by atoms with Gasteiger partial charge in [-0.05, 0) is 43.5 Å². The summed E-state index contributed by atoms with van der Waals surface area (Å²) >= 11 is 0.428. The molecule has 2 N–H and O–H groups in total. The molecule has 2 aromatic carbocycles. The van der Waals surface area contributed by atoms with Gasteiger partial charge in [-0.25, -0.2) is 0 Å². The Kier molecular flexibility index (Phi) is 6.92. The molecule has 1 heterocycles. The number of nitrogens with zero attached hydrogens (tertiary/aromatic N) is 1. The second-order valence-corrected chi connectivity index (χ2v) is 7.37. The number of rotatable bonds is 7. The van der Waals surface area contributed by atoms with Gasteiger partial charge < -0.3 is 15.5 Å². The highest BCUT2D eigenvalue weighted by Crippen LogP contribution is 2.32. The third-order valence-corrected chi connectivity index (χ3v) is 5.21. The van der Waals surface area contributed by atoms with Crippen LogP contribution < -0.4 is 15.5 Å². The number of thioether (sulfide) groups is 1. The molecular formula is C20H23F2N3OS. The van der Waals surface area contributed by atoms with Gasteiger partial charge in [-0.15, -0.1) is 0 Å². The average Bonchev–Trinajstić information content (AvgIpc) is 2.68. The van der Waals surface area contributed by atoms with Crippen molar-refractivity contribution in [2.24, 2.45) is 0 Å². The number of benzene rings is 2. The number of alkyl halides is 2. The first-order valence-corrected chi connectivity index (χ1v) is 9.93. The van der Waals surface area contributed by atoms with Gasteiger partial charge in [-0.1, -0.05) is 36.0 Å². The maximum atomic E-state index is 12.7. The molecule has 0 unspecified atom stereocenters. The molecular weight excluding hydrogens is 368 g/mol. The molecule has 0 aliphatic carbocycles. The number of piperidine rings is 1. The second kappa shape index (κ2) is 9.60. The fraction of sp³-hybridized carbons (Fsp3) is 0.350. The third kappa shape index (κ3) is 5.60. The van der Waals surface area contributed by atoms with Crippen LogP contribution in [0.5, 0.6) is 0 Å². The van der Waals surface area contributed by atoms with Gasteiger partial charge in [0.25, 0.3) is 5.76 Å². The van der Waals surface area contributed by atoms with Gasteiger partial charge in [0.15, 0.2) is 0 Å². The lowest BCUT2D eigenvalue weighted by molar-refractivity contribution is -0.114. The van der Waals surface area contributed by atoms with Crippen molar-refractivity contribution < 1.29 is 13.6 Å². The summed E-state index contributed by atoms with van der Waals surface area (Å²) in [6.45, 7) is 2.10. The highest BCUT2D eigenvalue weighted by molar-refractivity contribution is 7.99. The first-order valence-electron chi connectivity index (χ1n) is 9.05. The predicted octanol–water partition coefficient (Wildman–Crippen LogP) is 5.04. The van der Waals surface area contributed by atoms with Crippen molar-refractivity contribution in [3.63, 3.8) is 0 Å². The lowest BCUT2D eigenvalue weighted by Crippen LogP contribution is -2.30. The number of anilines is 3. The monoisotopic (exact) mass is 391 g/mol. The van der Waals surface area contributed by atoms with Crippen LogP contribution >= 0.6 is 11.8 Å². The molecule has 0 aromatic heterocycles. The Morgan fingerprint density at radius 3 is 2.41 bits per heavy atom. The number of amides is 1. The molecule has 7 heteroatoms. The van der Waals surface area contributed by atoms with E-state index in [1.165, 1.54) is 19.3 Å². The van der Waals surface area contributed by atoms with Crippen molar-refractivity contribution in [3.8, 4) is 0 Å². The molecule has 4 nitrogen and oxygen atoms in total. The van der Waals surface area contributed by atoms with E-state index in [2.05, 4.69) is 21.6 Å². The molecule has 144 valence electrons. The number of hydrogen-bond acceptors (Lipinski definition) is 4. The molecule has 0 atom stereocenters. The van der Waals surface area contributed by atoms with E-state index < -0.39 is 5.76 Å². The average molecular weight is 391 g/mol. The molecule has 3 rings (SSSR count). The SMILES string of the molecule is O=C(CNc1ccccc1N1CCCCC1)Nc1ccccc1SC(F)F. The van der Waals surface area contributed by atoms with E-state index in [4.69, 9.17) is 0 Å². The zero-order valence-corrected chi connectivity index (χ0v) is 15.8. The van der Waals surface area contributed by atoms with Crippen LogP contribution in [0, 0.1) is 0 Å². The number of carbonyl (C=O) groups is 1. The minimum Gasteiger partial charge on any atom is -0.374 e. The molecule has 1 amide bonds. The van der Waals surface area contributed by atoms with Crippen LogP contribution in [0.4, 0.5) is 25.8 Å². The van der Waals surface area contributed by atoms with Crippen LogP contribution in [0.1, 0.15) is 19.3 Å². The van der Waals surface area contributed by atoms with Gasteiger partial charge in [0.1, 0.15) is 0 Å². The van der Waals surface area contributed by atoms with E-state index in [-0.39, 0.29) is 12.5 Å². The fourth-order valence-electron chi connectivity index (χ4n) is 3.17. The summed E-state index contributed by atoms with van der Waals surface area (Å²) in [4.78, 5) is 15.0. The van der Waals surface area contributed by atoms with Gasteiger partial charge >= 0.3 is 0 Å². The quantitative estimate of drug-likeness (QED) is 0.649. The molecule has 27 heavy (non-hydrogen) atoms. The fourth-order valence-corrected chi connectivity index (χ4v) is 3.77. The van der Waals surface area contributed by atoms with Crippen molar-refractivity contribution in [2.75, 3.05) is 35.2 Å². The molecule has 0 bridgehead atoms. The van der Waals surface area contributed by atoms with Gasteiger partial charge in [0.2, 0.25) is 5.91 Å². The van der Waals surface area contributed by atoms with Crippen molar-refractivity contribution in [3.05, 3.63) is 48.5 Å². The minimum absolute atomic E-state index is 0.0680. The summed E-state index contributed by atoms with van der Waals surface area (Å²) in [5.74, 6) is -2.80. The molecule has 2 aromatic rings. The number of halogens is 2. The first-order chi connectivity index (χ1) is 13.1. The van der Waals surface area contributed by atoms with E-state index in [0.717, 1.165) is 24.5 Å². The highest BCUT2D eigenvalue weighted by Gasteiger charge is 2.15. The lowest BCUT2D eigenvalue weighted by atomic mass is 10.1. The Hall–Kier alpha value is -2.28. The standard InChI is InChI=1S/C20H23F2N3OS/c21-20(22)27-18-11-5-3-9-16(18)24-19(26)14-23-15-8-2-4-10-17(15)25-12-6-1-7-13-25/h2-5,8-11,20,23H,1,6-7,12-14H2,(H,24,26). The van der Waals surface area contributed by atoms with Crippen LogP contribution in [0.25, 0.3) is 0 Å². The molecule has 0 saturated carbocycles. The van der Waals surface area contributed by atoms with E-state index >= 15 is 0 Å². The Bertz CT molecular complexity index is 766. The third-order valence-electron chi connectivity index (χ3n) is 4.42. The van der Waals surface area contributed by atoms with Crippen LogP contribution in [-0.2, 0) is 4.79 Å². The predicted molar refractivity (Wildman–Crippen MR) is 108 cm³/mol. The van der Waals surface area contributed by atoms with Crippen molar-refractivity contribution >= 4 is 34.7 Å². The van der Waals surface area contributed by atoms with Crippen LogP contribution in [0.3, 0.4) is 0 Å². The summed E-state index contributed by atoms with van der Waals surface area (Å²) in [5, 5.41) is 5.90. The number of para-hydroxylation sites is 3. The Morgan fingerprint density at radius 1 is 1.00 bits per heavy atom. The van der Waals surface area contributed by atoms with Crippen molar-refractivity contribution in [2.45, 2.75) is 29.9 Å². The molecule has 1 saturated heterocycles. The summed E-state index contributed by atoms with van der Waals surface area (Å²) in [6.07, 6.45) is 3.60. The smallest absolute Gasteiger partial charge is 0.288 e. The van der Waals surface area contributed by atoms with Gasteiger partial charge in [-0.3, -0.25) is 4.79 Å². The van der Waals surface area contributed by atoms with Crippen LogP contribution in [0.2, 0.25) is 0 Å². The number of nitrogens with one attached hydrogen (secondary N) is 2. The largest absolute Gasteiger partial charge is 0.374 e. The van der Waals surface area contributed by atoms with Crippen molar-refractivity contribution in [1.29, 1.82) is 0 Å².